The zero-order valence-corrected chi connectivity index (χ0v) is 17.4. The van der Waals surface area contributed by atoms with E-state index in [0.717, 1.165) is 10.2 Å². The topological polar surface area (TPSA) is 51.6 Å². The molecule has 0 radical (unpaired) electrons. The van der Waals surface area contributed by atoms with Gasteiger partial charge in [-0.3, -0.25) is 9.97 Å². The van der Waals surface area contributed by atoms with Gasteiger partial charge in [-0.2, -0.15) is 0 Å². The Morgan fingerprint density at radius 1 is 0.690 bits per heavy atom. The van der Waals surface area contributed by atoms with E-state index in [1.807, 2.05) is 42.2 Å². The lowest BCUT2D eigenvalue weighted by Gasteiger charge is -2.01. The lowest BCUT2D eigenvalue weighted by Crippen LogP contribution is -1.92. The SMILES string of the molecule is c1cnc2c(c1)CCC2.c1cnc2c(c1)CCCCC2.c1ncc2sccc2n1. The van der Waals surface area contributed by atoms with Crippen LogP contribution in [0.1, 0.15) is 48.2 Å². The average molecular weight is 403 g/mol. The van der Waals surface area contributed by atoms with Crippen molar-refractivity contribution in [3.05, 3.63) is 83.1 Å². The van der Waals surface area contributed by atoms with Crippen LogP contribution >= 0.6 is 11.3 Å². The summed E-state index contributed by atoms with van der Waals surface area (Å²) in [6, 6.07) is 10.4. The quantitative estimate of drug-likeness (QED) is 0.359. The van der Waals surface area contributed by atoms with E-state index in [4.69, 9.17) is 0 Å². The van der Waals surface area contributed by atoms with E-state index in [9.17, 15) is 0 Å². The summed E-state index contributed by atoms with van der Waals surface area (Å²) in [5.41, 5.74) is 6.63. The maximum Gasteiger partial charge on any atom is 0.116 e. The summed E-state index contributed by atoms with van der Waals surface area (Å²) >= 11 is 1.66. The fraction of sp³-hybridized carbons (Fsp3) is 0.333. The summed E-state index contributed by atoms with van der Waals surface area (Å²) in [7, 11) is 0. The van der Waals surface area contributed by atoms with Crippen molar-refractivity contribution in [2.75, 3.05) is 0 Å². The van der Waals surface area contributed by atoms with E-state index in [0.29, 0.717) is 0 Å². The van der Waals surface area contributed by atoms with Crippen molar-refractivity contribution in [3.8, 4) is 0 Å². The first-order valence-electron chi connectivity index (χ1n) is 10.4. The molecule has 4 heterocycles. The molecule has 4 nitrogen and oxygen atoms in total. The van der Waals surface area contributed by atoms with E-state index in [2.05, 4.69) is 32.1 Å². The lowest BCUT2D eigenvalue weighted by molar-refractivity contribution is 0.708. The second-order valence-corrected chi connectivity index (χ2v) is 8.27. The van der Waals surface area contributed by atoms with Gasteiger partial charge in [0.15, 0.2) is 0 Å². The van der Waals surface area contributed by atoms with E-state index < -0.39 is 0 Å². The fourth-order valence-electron chi connectivity index (χ4n) is 3.79. The highest BCUT2D eigenvalue weighted by molar-refractivity contribution is 7.17. The number of hydrogen-bond donors (Lipinski definition) is 0. The number of fused-ring (bicyclic) bond motifs is 3. The van der Waals surface area contributed by atoms with E-state index >= 15 is 0 Å². The average Bonchev–Trinajstić information content (AvgIpc) is 3.39. The van der Waals surface area contributed by atoms with Gasteiger partial charge >= 0.3 is 0 Å². The van der Waals surface area contributed by atoms with Crippen LogP contribution in [0.2, 0.25) is 0 Å². The first-order valence-corrected chi connectivity index (χ1v) is 11.3. The van der Waals surface area contributed by atoms with Crippen LogP contribution in [0.5, 0.6) is 0 Å². The number of rotatable bonds is 0. The summed E-state index contributed by atoms with van der Waals surface area (Å²) < 4.78 is 1.15. The minimum Gasteiger partial charge on any atom is -0.261 e. The molecule has 29 heavy (non-hydrogen) atoms. The molecule has 148 valence electrons. The maximum atomic E-state index is 4.38. The Hall–Kier alpha value is -2.66. The minimum absolute atomic E-state index is 1.04. The minimum atomic E-state index is 1.04. The molecule has 0 N–H and O–H groups in total. The first kappa shape index (κ1) is 19.6. The van der Waals surface area contributed by atoms with Crippen LogP contribution in [0.25, 0.3) is 10.2 Å². The van der Waals surface area contributed by atoms with E-state index in [-0.39, 0.29) is 0 Å². The second kappa shape index (κ2) is 10.2. The number of aryl methyl sites for hydroxylation is 4. The lowest BCUT2D eigenvalue weighted by atomic mass is 10.1. The van der Waals surface area contributed by atoms with Gasteiger partial charge in [0.05, 0.1) is 10.2 Å². The van der Waals surface area contributed by atoms with Crippen molar-refractivity contribution in [3.63, 3.8) is 0 Å². The van der Waals surface area contributed by atoms with Crippen LogP contribution in [0, 0.1) is 0 Å². The molecule has 0 spiro atoms. The molecule has 5 heteroatoms. The van der Waals surface area contributed by atoms with E-state index in [1.165, 1.54) is 73.9 Å². The van der Waals surface area contributed by atoms with Crippen LogP contribution in [0.3, 0.4) is 0 Å². The second-order valence-electron chi connectivity index (χ2n) is 7.33. The summed E-state index contributed by atoms with van der Waals surface area (Å²) in [6.07, 6.45) is 17.4. The zero-order chi connectivity index (χ0) is 19.7. The molecular weight excluding hydrogens is 376 g/mol. The molecule has 4 aromatic rings. The molecule has 0 fully saturated rings. The Bertz CT molecular complexity index is 965. The molecule has 0 amide bonds. The summed E-state index contributed by atoms with van der Waals surface area (Å²) in [6.45, 7) is 0. The van der Waals surface area contributed by atoms with Gasteiger partial charge in [0, 0.05) is 30.0 Å². The first-order chi connectivity index (χ1) is 14.4. The van der Waals surface area contributed by atoms with Gasteiger partial charge in [0.2, 0.25) is 0 Å². The van der Waals surface area contributed by atoms with Crippen LogP contribution in [-0.4, -0.2) is 19.9 Å². The Kier molecular flexibility index (Phi) is 6.92. The fourth-order valence-corrected chi connectivity index (χ4v) is 4.50. The van der Waals surface area contributed by atoms with Gasteiger partial charge in [-0.05, 0) is 79.7 Å². The molecule has 0 unspecified atom stereocenters. The molecule has 6 rings (SSSR count). The van der Waals surface area contributed by atoms with Gasteiger partial charge in [-0.15, -0.1) is 11.3 Å². The van der Waals surface area contributed by atoms with Gasteiger partial charge in [-0.25, -0.2) is 9.97 Å². The van der Waals surface area contributed by atoms with Crippen LogP contribution in [0.15, 0.2) is 60.6 Å². The van der Waals surface area contributed by atoms with E-state index in [1.54, 1.807) is 17.7 Å². The highest BCUT2D eigenvalue weighted by atomic mass is 32.1. The number of nitrogens with zero attached hydrogens (tertiary/aromatic N) is 4. The Balaban J connectivity index is 0.000000107. The third kappa shape index (κ3) is 5.45. The number of hydrogen-bond acceptors (Lipinski definition) is 5. The summed E-state index contributed by atoms with van der Waals surface area (Å²) in [5, 5.41) is 2.01. The maximum absolute atomic E-state index is 4.38. The van der Waals surface area contributed by atoms with Gasteiger partial charge < -0.3 is 0 Å². The molecular formula is C24H26N4S. The van der Waals surface area contributed by atoms with Crippen LogP contribution in [-0.2, 0) is 25.7 Å². The number of aromatic nitrogens is 4. The van der Waals surface area contributed by atoms with Crippen molar-refractivity contribution < 1.29 is 0 Å². The predicted molar refractivity (Wildman–Crippen MR) is 119 cm³/mol. The highest BCUT2D eigenvalue weighted by Gasteiger charge is 2.09. The molecule has 2 aliphatic carbocycles. The van der Waals surface area contributed by atoms with Crippen molar-refractivity contribution in [1.82, 2.24) is 19.9 Å². The molecule has 4 aromatic heterocycles. The largest absolute Gasteiger partial charge is 0.261 e. The zero-order valence-electron chi connectivity index (χ0n) is 16.6. The Morgan fingerprint density at radius 2 is 1.38 bits per heavy atom. The van der Waals surface area contributed by atoms with Crippen LogP contribution < -0.4 is 0 Å². The molecule has 0 aliphatic heterocycles. The third-order valence-corrected chi connectivity index (χ3v) is 6.16. The monoisotopic (exact) mass is 402 g/mol. The van der Waals surface area contributed by atoms with Gasteiger partial charge in [0.25, 0.3) is 0 Å². The number of pyridine rings is 2. The van der Waals surface area contributed by atoms with Crippen molar-refractivity contribution in [2.24, 2.45) is 0 Å². The highest BCUT2D eigenvalue weighted by Crippen LogP contribution is 2.18. The number of thiophene rings is 1. The van der Waals surface area contributed by atoms with Crippen molar-refractivity contribution in [1.29, 1.82) is 0 Å². The Morgan fingerprint density at radius 3 is 2.14 bits per heavy atom. The summed E-state index contributed by atoms with van der Waals surface area (Å²) in [5.74, 6) is 0. The van der Waals surface area contributed by atoms with Crippen molar-refractivity contribution in [2.45, 2.75) is 51.4 Å². The molecule has 2 aliphatic rings. The van der Waals surface area contributed by atoms with Gasteiger partial charge in [-0.1, -0.05) is 18.6 Å². The molecule has 0 aromatic carbocycles. The molecule has 0 saturated carbocycles. The van der Waals surface area contributed by atoms with Crippen molar-refractivity contribution >= 4 is 21.6 Å². The van der Waals surface area contributed by atoms with Crippen LogP contribution in [0.4, 0.5) is 0 Å². The molecule has 0 saturated heterocycles. The normalized spacial score (nSPS) is 14.5. The smallest absolute Gasteiger partial charge is 0.116 e. The third-order valence-electron chi connectivity index (χ3n) is 5.32. The molecule has 0 bridgehead atoms. The summed E-state index contributed by atoms with van der Waals surface area (Å²) in [4.78, 5) is 16.6. The molecule has 0 atom stereocenters. The Labute approximate surface area is 176 Å². The van der Waals surface area contributed by atoms with Gasteiger partial charge in [0.1, 0.15) is 6.33 Å². The predicted octanol–water partition coefficient (Wildman–Crippen LogP) is 5.61. The standard InChI is InChI=1S/C10H13N.C8H9N.C6H4N2S/c1-2-5-9-6-4-8-11-10(9)7-3-1;1-3-7-4-2-6-9-8(7)5-1;1-2-9-6-3-7-4-8-5(1)6/h4,6,8H,1-3,5,7H2;2,4,6H,1,3,5H2;1-4H.